The van der Waals surface area contributed by atoms with E-state index in [1.165, 1.54) is 22.9 Å². The Morgan fingerprint density at radius 3 is 2.56 bits per heavy atom. The topological polar surface area (TPSA) is 72.5 Å². The Morgan fingerprint density at radius 2 is 2.00 bits per heavy atom. The monoisotopic (exact) mass is 269 g/mol. The van der Waals surface area contributed by atoms with E-state index in [0.29, 0.717) is 12.4 Å². The van der Waals surface area contributed by atoms with Crippen molar-refractivity contribution in [2.45, 2.75) is 19.9 Å². The van der Waals surface area contributed by atoms with Gasteiger partial charge in [0, 0.05) is 11.5 Å². The summed E-state index contributed by atoms with van der Waals surface area (Å²) in [6.07, 6.45) is 0. The highest BCUT2D eigenvalue weighted by molar-refractivity contribution is 7.99. The van der Waals surface area contributed by atoms with E-state index in [0.717, 1.165) is 11.5 Å². The van der Waals surface area contributed by atoms with Crippen molar-refractivity contribution in [2.75, 3.05) is 18.1 Å². The molecule has 1 rings (SSSR count). The maximum atomic E-state index is 10.5. The maximum Gasteiger partial charge on any atom is 0.321 e. The predicted octanol–water partition coefficient (Wildman–Crippen LogP) is 1.83. The number of carboxylic acid groups (broad SMARTS) is 1. The largest absolute Gasteiger partial charge is 0.493 e. The molecule has 0 aliphatic heterocycles. The van der Waals surface area contributed by atoms with E-state index >= 15 is 0 Å². The van der Waals surface area contributed by atoms with E-state index in [1.807, 2.05) is 26.0 Å². The zero-order valence-electron chi connectivity index (χ0n) is 10.7. The lowest BCUT2D eigenvalue weighted by Crippen LogP contribution is -2.32. The summed E-state index contributed by atoms with van der Waals surface area (Å²) < 4.78 is 5.60. The predicted molar refractivity (Wildman–Crippen MR) is 74.3 cm³/mol. The molecule has 0 heterocycles. The third-order valence-corrected chi connectivity index (χ3v) is 3.36. The smallest absolute Gasteiger partial charge is 0.321 e. The van der Waals surface area contributed by atoms with Crippen molar-refractivity contribution >= 4 is 17.7 Å². The van der Waals surface area contributed by atoms with Crippen molar-refractivity contribution in [2.24, 2.45) is 5.73 Å². The molecule has 5 heteroatoms. The van der Waals surface area contributed by atoms with E-state index < -0.39 is 12.0 Å². The fourth-order valence-corrected chi connectivity index (χ4v) is 2.28. The molecule has 0 saturated heterocycles. The quantitative estimate of drug-likeness (QED) is 0.739. The Labute approximate surface area is 112 Å². The number of hydrogen-bond acceptors (Lipinski definition) is 4. The molecule has 1 aromatic carbocycles. The number of benzene rings is 1. The van der Waals surface area contributed by atoms with E-state index in [-0.39, 0.29) is 0 Å². The summed E-state index contributed by atoms with van der Waals surface area (Å²) >= 11 is 1.49. The van der Waals surface area contributed by atoms with Crippen LogP contribution in [-0.2, 0) is 4.79 Å². The second-order valence-electron chi connectivity index (χ2n) is 4.19. The molecule has 0 aliphatic carbocycles. The number of rotatable bonds is 7. The van der Waals surface area contributed by atoms with Gasteiger partial charge in [0.2, 0.25) is 0 Å². The van der Waals surface area contributed by atoms with E-state index in [4.69, 9.17) is 15.6 Å². The van der Waals surface area contributed by atoms with E-state index in [9.17, 15) is 4.79 Å². The molecule has 1 unspecified atom stereocenters. The molecule has 0 fully saturated rings. The van der Waals surface area contributed by atoms with Crippen LogP contribution in [0.5, 0.6) is 5.75 Å². The van der Waals surface area contributed by atoms with Crippen molar-refractivity contribution in [1.82, 2.24) is 0 Å². The summed E-state index contributed by atoms with van der Waals surface area (Å²) in [7, 11) is 0. The van der Waals surface area contributed by atoms with E-state index in [2.05, 4.69) is 6.07 Å². The Hall–Kier alpha value is -1.20. The average Bonchev–Trinajstić information content (AvgIpc) is 2.26. The SMILES string of the molecule is Cc1cc(C)cc(OCCSCC(N)C(=O)O)c1. The molecule has 1 aromatic rings. The Kier molecular flexibility index (Phi) is 6.01. The molecule has 1 atom stereocenters. The summed E-state index contributed by atoms with van der Waals surface area (Å²) in [5, 5.41) is 8.61. The summed E-state index contributed by atoms with van der Waals surface area (Å²) in [5.74, 6) is 1.04. The molecule has 0 bridgehead atoms. The average molecular weight is 269 g/mol. The maximum absolute atomic E-state index is 10.5. The minimum absolute atomic E-state index is 0.408. The lowest BCUT2D eigenvalue weighted by Gasteiger charge is -2.09. The van der Waals surface area contributed by atoms with Crippen LogP contribution in [0.3, 0.4) is 0 Å². The number of aryl methyl sites for hydroxylation is 2. The number of thioether (sulfide) groups is 1. The minimum Gasteiger partial charge on any atom is -0.493 e. The lowest BCUT2D eigenvalue weighted by atomic mass is 10.1. The van der Waals surface area contributed by atoms with Gasteiger partial charge in [-0.25, -0.2) is 0 Å². The second-order valence-corrected chi connectivity index (χ2v) is 5.34. The first kappa shape index (κ1) is 14.9. The molecule has 3 N–H and O–H groups in total. The fourth-order valence-electron chi connectivity index (χ4n) is 1.52. The standard InChI is InChI=1S/C13H19NO3S/c1-9-5-10(2)7-11(6-9)17-3-4-18-8-12(14)13(15)16/h5-7,12H,3-4,8,14H2,1-2H3,(H,15,16). The van der Waals surface area contributed by atoms with Gasteiger partial charge in [-0.3, -0.25) is 4.79 Å². The van der Waals surface area contributed by atoms with Gasteiger partial charge in [0.05, 0.1) is 6.61 Å². The van der Waals surface area contributed by atoms with Crippen LogP contribution < -0.4 is 10.5 Å². The zero-order chi connectivity index (χ0) is 13.5. The minimum atomic E-state index is -0.960. The molecule has 0 aromatic heterocycles. The molecule has 0 aliphatic rings. The van der Waals surface area contributed by atoms with Crippen LogP contribution in [0.4, 0.5) is 0 Å². The highest BCUT2D eigenvalue weighted by atomic mass is 32.2. The molecule has 0 amide bonds. The van der Waals surface area contributed by atoms with Crippen LogP contribution in [0.1, 0.15) is 11.1 Å². The number of nitrogens with two attached hydrogens (primary N) is 1. The number of hydrogen-bond donors (Lipinski definition) is 2. The van der Waals surface area contributed by atoms with Crippen LogP contribution in [0.2, 0.25) is 0 Å². The first-order chi connectivity index (χ1) is 8.49. The van der Waals surface area contributed by atoms with Gasteiger partial charge in [-0.15, -0.1) is 0 Å². The highest BCUT2D eigenvalue weighted by Gasteiger charge is 2.10. The van der Waals surface area contributed by atoms with Gasteiger partial charge in [-0.1, -0.05) is 6.07 Å². The third kappa shape index (κ3) is 5.42. The van der Waals surface area contributed by atoms with Crippen LogP contribution >= 0.6 is 11.8 Å². The fraction of sp³-hybridized carbons (Fsp3) is 0.462. The first-order valence-electron chi connectivity index (χ1n) is 5.76. The highest BCUT2D eigenvalue weighted by Crippen LogP contribution is 2.16. The Morgan fingerprint density at radius 1 is 1.39 bits per heavy atom. The van der Waals surface area contributed by atoms with Crippen LogP contribution in [0.25, 0.3) is 0 Å². The van der Waals surface area contributed by atoms with Crippen molar-refractivity contribution < 1.29 is 14.6 Å². The van der Waals surface area contributed by atoms with Crippen molar-refractivity contribution in [1.29, 1.82) is 0 Å². The number of ether oxygens (including phenoxy) is 1. The third-order valence-electron chi connectivity index (χ3n) is 2.31. The summed E-state index contributed by atoms with van der Waals surface area (Å²) in [4.78, 5) is 10.5. The van der Waals surface area contributed by atoms with Gasteiger partial charge in [-0.05, 0) is 37.1 Å². The molecular formula is C13H19NO3S. The normalized spacial score (nSPS) is 12.2. The van der Waals surface area contributed by atoms with Gasteiger partial charge in [-0.2, -0.15) is 11.8 Å². The molecule has 0 radical (unpaired) electrons. The molecule has 18 heavy (non-hydrogen) atoms. The number of aliphatic carboxylic acids is 1. The molecule has 4 nitrogen and oxygen atoms in total. The van der Waals surface area contributed by atoms with Crippen LogP contribution in [0.15, 0.2) is 18.2 Å². The summed E-state index contributed by atoms with van der Waals surface area (Å²) in [5.41, 5.74) is 7.73. The Balaban J connectivity index is 2.23. The molecule has 0 saturated carbocycles. The van der Waals surface area contributed by atoms with Crippen molar-refractivity contribution in [3.05, 3.63) is 29.3 Å². The van der Waals surface area contributed by atoms with Crippen molar-refractivity contribution in [3.63, 3.8) is 0 Å². The lowest BCUT2D eigenvalue weighted by molar-refractivity contribution is -0.137. The zero-order valence-corrected chi connectivity index (χ0v) is 11.5. The van der Waals surface area contributed by atoms with Gasteiger partial charge in [0.25, 0.3) is 0 Å². The van der Waals surface area contributed by atoms with Gasteiger partial charge in [0.1, 0.15) is 11.8 Å². The summed E-state index contributed by atoms with van der Waals surface area (Å²) in [6.45, 7) is 4.61. The van der Waals surface area contributed by atoms with Gasteiger partial charge < -0.3 is 15.6 Å². The van der Waals surface area contributed by atoms with Gasteiger partial charge in [0.15, 0.2) is 0 Å². The van der Waals surface area contributed by atoms with E-state index in [1.54, 1.807) is 0 Å². The second kappa shape index (κ2) is 7.28. The molecular weight excluding hydrogens is 250 g/mol. The van der Waals surface area contributed by atoms with Crippen molar-refractivity contribution in [3.8, 4) is 5.75 Å². The van der Waals surface area contributed by atoms with Gasteiger partial charge >= 0.3 is 5.97 Å². The number of carboxylic acids is 1. The number of carbonyl (C=O) groups is 1. The Bertz CT molecular complexity index is 389. The van der Waals surface area contributed by atoms with Crippen LogP contribution in [-0.4, -0.2) is 35.2 Å². The molecule has 0 spiro atoms. The molecule has 100 valence electrons. The van der Waals surface area contributed by atoms with Crippen LogP contribution in [0, 0.1) is 13.8 Å². The summed E-state index contributed by atoms with van der Waals surface area (Å²) in [6, 6.07) is 5.27. The first-order valence-corrected chi connectivity index (χ1v) is 6.91.